The van der Waals surface area contributed by atoms with Crippen LogP contribution >= 0.6 is 23.2 Å². The van der Waals surface area contributed by atoms with Crippen molar-refractivity contribution < 1.29 is 14.3 Å². The lowest BCUT2D eigenvalue weighted by Gasteiger charge is -2.12. The zero-order valence-corrected chi connectivity index (χ0v) is 14.9. The van der Waals surface area contributed by atoms with Gasteiger partial charge < -0.3 is 10.5 Å². The van der Waals surface area contributed by atoms with Gasteiger partial charge >= 0.3 is 5.97 Å². The maximum Gasteiger partial charge on any atom is 0.338 e. The van der Waals surface area contributed by atoms with Crippen LogP contribution in [0.2, 0.25) is 5.02 Å². The third-order valence-electron chi connectivity index (χ3n) is 3.29. The molecule has 0 amide bonds. The molecule has 0 fully saturated rings. The van der Waals surface area contributed by atoms with Crippen LogP contribution in [0.15, 0.2) is 53.5 Å². The number of carbonyl (C=O) groups excluding carboxylic acids is 2. The van der Waals surface area contributed by atoms with E-state index >= 15 is 0 Å². The van der Waals surface area contributed by atoms with E-state index in [0.29, 0.717) is 21.8 Å². The first kappa shape index (κ1) is 19.0. The standard InChI is InChI=1S/C18H16Cl2N2O3/c1-11(17(23)12-2-6-14(20)7-3-12)25-18(24)13-4-8-15(9-5-13)22-16(21)10-19/h2-9,11H,10H2,1H3,(H2,21,22). The van der Waals surface area contributed by atoms with Crippen molar-refractivity contribution in [2.45, 2.75) is 13.0 Å². The molecule has 0 radical (unpaired) electrons. The first-order valence-electron chi connectivity index (χ1n) is 7.40. The third kappa shape index (κ3) is 5.31. The summed E-state index contributed by atoms with van der Waals surface area (Å²) in [5.41, 5.74) is 6.84. The second-order valence-electron chi connectivity index (χ2n) is 5.20. The average molecular weight is 379 g/mol. The first-order valence-corrected chi connectivity index (χ1v) is 8.32. The van der Waals surface area contributed by atoms with Crippen LogP contribution in [-0.4, -0.2) is 29.6 Å². The summed E-state index contributed by atoms with van der Waals surface area (Å²) in [6.45, 7) is 1.52. The Kier molecular flexibility index (Phi) is 6.56. The molecular formula is C18H16Cl2N2O3. The Morgan fingerprint density at radius 1 is 1.08 bits per heavy atom. The summed E-state index contributed by atoms with van der Waals surface area (Å²) in [4.78, 5) is 28.5. The lowest BCUT2D eigenvalue weighted by atomic mass is 10.1. The second-order valence-corrected chi connectivity index (χ2v) is 5.91. The van der Waals surface area contributed by atoms with Gasteiger partial charge in [0, 0.05) is 10.6 Å². The van der Waals surface area contributed by atoms with E-state index < -0.39 is 12.1 Å². The molecule has 0 bridgehead atoms. The largest absolute Gasteiger partial charge is 0.451 e. The van der Waals surface area contributed by atoms with E-state index in [1.165, 1.54) is 6.92 Å². The summed E-state index contributed by atoms with van der Waals surface area (Å²) < 4.78 is 5.22. The van der Waals surface area contributed by atoms with Crippen LogP contribution in [0.4, 0.5) is 5.69 Å². The molecule has 0 heterocycles. The number of Topliss-reactive ketones (excluding diaryl/α,β-unsaturated/α-hetero) is 1. The van der Waals surface area contributed by atoms with Gasteiger partial charge in [0.2, 0.25) is 5.78 Å². The highest BCUT2D eigenvalue weighted by molar-refractivity contribution is 6.30. The normalized spacial score (nSPS) is 12.5. The number of nitrogens with zero attached hydrogens (tertiary/aromatic N) is 1. The van der Waals surface area contributed by atoms with Gasteiger partial charge in [-0.05, 0) is 55.5 Å². The second kappa shape index (κ2) is 8.65. The maximum absolute atomic E-state index is 12.3. The van der Waals surface area contributed by atoms with E-state index in [-0.39, 0.29) is 17.5 Å². The van der Waals surface area contributed by atoms with Crippen LogP contribution in [0.25, 0.3) is 0 Å². The van der Waals surface area contributed by atoms with Crippen molar-refractivity contribution >= 4 is 46.5 Å². The number of amidine groups is 1. The Morgan fingerprint density at radius 3 is 2.20 bits per heavy atom. The predicted molar refractivity (Wildman–Crippen MR) is 99.1 cm³/mol. The molecule has 0 aliphatic carbocycles. The molecule has 130 valence electrons. The summed E-state index contributed by atoms with van der Waals surface area (Å²) in [6.07, 6.45) is -0.918. The Balaban J connectivity index is 2.03. The zero-order chi connectivity index (χ0) is 18.4. The molecule has 2 aromatic carbocycles. The first-order chi connectivity index (χ1) is 11.9. The van der Waals surface area contributed by atoms with Crippen LogP contribution in [-0.2, 0) is 4.74 Å². The fraction of sp³-hybridized carbons (Fsp3) is 0.167. The van der Waals surface area contributed by atoms with Crippen molar-refractivity contribution in [1.29, 1.82) is 0 Å². The van der Waals surface area contributed by atoms with Crippen molar-refractivity contribution in [3.05, 3.63) is 64.7 Å². The summed E-state index contributed by atoms with van der Waals surface area (Å²) in [6, 6.07) is 12.7. The molecule has 0 aliphatic heterocycles. The highest BCUT2D eigenvalue weighted by Gasteiger charge is 2.20. The van der Waals surface area contributed by atoms with E-state index in [4.69, 9.17) is 33.7 Å². The van der Waals surface area contributed by atoms with E-state index in [9.17, 15) is 9.59 Å². The van der Waals surface area contributed by atoms with Gasteiger partial charge in [0.25, 0.3) is 0 Å². The highest BCUT2D eigenvalue weighted by atomic mass is 35.5. The van der Waals surface area contributed by atoms with Gasteiger partial charge in [-0.1, -0.05) is 11.6 Å². The van der Waals surface area contributed by atoms with Crippen LogP contribution < -0.4 is 5.73 Å². The lowest BCUT2D eigenvalue weighted by molar-refractivity contribution is 0.0319. The summed E-state index contributed by atoms with van der Waals surface area (Å²) in [5, 5.41) is 0.527. The molecule has 0 aliphatic rings. The molecule has 5 nitrogen and oxygen atoms in total. The Bertz CT molecular complexity index is 787. The molecule has 7 heteroatoms. The molecule has 0 spiro atoms. The SMILES string of the molecule is CC(OC(=O)c1ccc(N=C(N)CCl)cc1)C(=O)c1ccc(Cl)cc1. The molecule has 25 heavy (non-hydrogen) atoms. The minimum absolute atomic E-state index is 0.119. The number of alkyl halides is 1. The van der Waals surface area contributed by atoms with Gasteiger partial charge in [-0.15, -0.1) is 11.6 Å². The minimum atomic E-state index is -0.918. The number of ether oxygens (including phenoxy) is 1. The smallest absolute Gasteiger partial charge is 0.338 e. The molecule has 0 aromatic heterocycles. The number of nitrogens with two attached hydrogens (primary N) is 1. The summed E-state index contributed by atoms with van der Waals surface area (Å²) >= 11 is 11.4. The van der Waals surface area contributed by atoms with Gasteiger partial charge in [-0.25, -0.2) is 9.79 Å². The quantitative estimate of drug-likeness (QED) is 0.271. The summed E-state index contributed by atoms with van der Waals surface area (Å²) in [7, 11) is 0. The van der Waals surface area contributed by atoms with E-state index in [1.54, 1.807) is 48.5 Å². The number of ketones is 1. The van der Waals surface area contributed by atoms with Crippen LogP contribution in [0.1, 0.15) is 27.6 Å². The highest BCUT2D eigenvalue weighted by Crippen LogP contribution is 2.16. The van der Waals surface area contributed by atoms with Crippen LogP contribution in [0.3, 0.4) is 0 Å². The molecule has 0 saturated carbocycles. The van der Waals surface area contributed by atoms with Gasteiger partial charge in [0.05, 0.1) is 17.1 Å². The molecule has 2 aromatic rings. The Hall–Kier alpha value is -2.37. The number of hydrogen-bond acceptors (Lipinski definition) is 4. The molecule has 2 N–H and O–H groups in total. The van der Waals surface area contributed by atoms with Crippen molar-refractivity contribution in [3.63, 3.8) is 0 Å². The van der Waals surface area contributed by atoms with E-state index in [2.05, 4.69) is 4.99 Å². The van der Waals surface area contributed by atoms with Gasteiger partial charge in [-0.2, -0.15) is 0 Å². The van der Waals surface area contributed by atoms with Gasteiger partial charge in [0.15, 0.2) is 6.10 Å². The number of halogens is 2. The number of hydrogen-bond donors (Lipinski definition) is 1. The molecule has 1 atom stereocenters. The summed E-state index contributed by atoms with van der Waals surface area (Å²) in [5.74, 6) is -0.510. The monoisotopic (exact) mass is 378 g/mol. The Labute approximate surface area is 155 Å². The van der Waals surface area contributed by atoms with Crippen molar-refractivity contribution in [2.24, 2.45) is 10.7 Å². The Morgan fingerprint density at radius 2 is 1.64 bits per heavy atom. The number of carbonyl (C=O) groups is 2. The number of rotatable bonds is 6. The maximum atomic E-state index is 12.3. The van der Waals surface area contributed by atoms with Gasteiger partial charge in [0.1, 0.15) is 5.84 Å². The fourth-order valence-corrected chi connectivity index (χ4v) is 2.18. The molecule has 1 unspecified atom stereocenters. The average Bonchev–Trinajstić information content (AvgIpc) is 2.62. The number of aliphatic imine (C=N–C) groups is 1. The van der Waals surface area contributed by atoms with Crippen molar-refractivity contribution in [1.82, 2.24) is 0 Å². The fourth-order valence-electron chi connectivity index (χ4n) is 2.00. The van der Waals surface area contributed by atoms with Crippen molar-refractivity contribution in [2.75, 3.05) is 5.88 Å². The minimum Gasteiger partial charge on any atom is -0.451 e. The van der Waals surface area contributed by atoms with Crippen LogP contribution in [0.5, 0.6) is 0 Å². The van der Waals surface area contributed by atoms with E-state index in [1.807, 2.05) is 0 Å². The predicted octanol–water partition coefficient (Wildman–Crippen LogP) is 4.00. The topological polar surface area (TPSA) is 81.8 Å². The number of benzene rings is 2. The molecule has 0 saturated heterocycles. The molecule has 2 rings (SSSR count). The van der Waals surface area contributed by atoms with Crippen LogP contribution in [0, 0.1) is 0 Å². The molecular weight excluding hydrogens is 363 g/mol. The third-order valence-corrected chi connectivity index (χ3v) is 3.82. The van der Waals surface area contributed by atoms with Crippen molar-refractivity contribution in [3.8, 4) is 0 Å². The van der Waals surface area contributed by atoms with E-state index in [0.717, 1.165) is 0 Å². The lowest BCUT2D eigenvalue weighted by Crippen LogP contribution is -2.24. The number of esters is 1. The zero-order valence-electron chi connectivity index (χ0n) is 13.4. The van der Waals surface area contributed by atoms with Gasteiger partial charge in [-0.3, -0.25) is 4.79 Å².